The molecule has 9 N–H and O–H groups in total. The quantitative estimate of drug-likeness (QED) is 0.0594. The molecule has 4 aromatic heterocycles. The van der Waals surface area contributed by atoms with Crippen molar-refractivity contribution in [3.05, 3.63) is 39.2 Å². The van der Waals surface area contributed by atoms with Gasteiger partial charge in [-0.3, -0.25) is 32.8 Å². The number of hydrogen-bond donors (Lipinski definition) is 8. The van der Waals surface area contributed by atoms with Gasteiger partial charge < -0.3 is 54.6 Å². The van der Waals surface area contributed by atoms with Gasteiger partial charge in [0.25, 0.3) is 17.1 Å². The monoisotopic (exact) mass is 868 g/mol. The number of nitrogens with two attached hydrogens (primary N) is 1. The van der Waals surface area contributed by atoms with E-state index in [4.69, 9.17) is 33.7 Å². The Morgan fingerprint density at radius 3 is 2.26 bits per heavy atom. The van der Waals surface area contributed by atoms with E-state index < -0.39 is 103 Å². The number of hydrogen-bond acceptors (Lipinski definition) is 19. The Bertz CT molecular complexity index is 2490. The van der Waals surface area contributed by atoms with Gasteiger partial charge >= 0.3 is 29.1 Å². The van der Waals surface area contributed by atoms with Crippen LogP contribution in [0.25, 0.3) is 22.3 Å². The number of aromatic nitrogens is 8. The van der Waals surface area contributed by atoms with Gasteiger partial charge in [-0.2, -0.15) is 8.62 Å². The zero-order valence-electron chi connectivity index (χ0n) is 29.7. The number of H-pyrrole nitrogens is 2. The van der Waals surface area contributed by atoms with Crippen LogP contribution in [0.3, 0.4) is 0 Å². The van der Waals surface area contributed by atoms with Gasteiger partial charge in [-0.15, -0.1) is 0 Å². The summed E-state index contributed by atoms with van der Waals surface area (Å²) in [7, 11) is -15.6. The fourth-order valence-electron chi connectivity index (χ4n) is 7.44. The lowest BCUT2D eigenvalue weighted by Crippen LogP contribution is -2.46. The van der Waals surface area contributed by atoms with Crippen molar-refractivity contribution in [1.82, 2.24) is 34.1 Å². The number of phosphoric acid groups is 3. The molecule has 7 heterocycles. The molecule has 3 saturated heterocycles. The van der Waals surface area contributed by atoms with Crippen molar-refractivity contribution in [3.8, 4) is 0 Å². The van der Waals surface area contributed by atoms with Crippen molar-refractivity contribution in [2.45, 2.75) is 87.5 Å². The molecule has 4 aromatic rings. The van der Waals surface area contributed by atoms with E-state index in [-0.39, 0.29) is 34.1 Å². The Morgan fingerprint density at radius 1 is 0.930 bits per heavy atom. The minimum atomic E-state index is -5.95. The number of fused-ring (bicyclic) bond motifs is 3. The molecule has 4 fully saturated rings. The predicted octanol–water partition coefficient (Wildman–Crippen LogP) is -1.49. The van der Waals surface area contributed by atoms with Crippen LogP contribution < -0.4 is 21.4 Å². The molecule has 3 aliphatic heterocycles. The fourth-order valence-corrected chi connectivity index (χ4v) is 11.0. The van der Waals surface area contributed by atoms with E-state index >= 15 is 0 Å². The Labute approximate surface area is 318 Å². The number of nitrogens with zero attached hydrogens (tertiary/aromatic N) is 6. The number of nitrogen functional groups attached to an aromatic ring is 1. The zero-order chi connectivity index (χ0) is 40.8. The molecule has 4 aliphatic rings. The smallest absolute Gasteiger partial charge is 0.387 e. The van der Waals surface area contributed by atoms with Crippen molar-refractivity contribution < 1.29 is 79.8 Å². The summed E-state index contributed by atoms with van der Waals surface area (Å²) in [6, 6.07) is 0. The van der Waals surface area contributed by atoms with E-state index in [2.05, 4.69) is 33.5 Å². The summed E-state index contributed by atoms with van der Waals surface area (Å²) in [5.41, 5.74) is 4.86. The first-order valence-electron chi connectivity index (χ1n) is 17.2. The van der Waals surface area contributed by atoms with Crippen LogP contribution in [0.4, 0.5) is 5.95 Å². The second-order valence-electron chi connectivity index (χ2n) is 13.8. The molecule has 27 nitrogen and oxygen atoms in total. The summed E-state index contributed by atoms with van der Waals surface area (Å²) >= 11 is 0. The molecule has 312 valence electrons. The highest BCUT2D eigenvalue weighted by atomic mass is 31.3. The summed E-state index contributed by atoms with van der Waals surface area (Å²) in [6.45, 7) is -0.352. The molecule has 0 radical (unpaired) electrons. The van der Waals surface area contributed by atoms with E-state index in [1.54, 1.807) is 7.05 Å². The van der Waals surface area contributed by atoms with Crippen LogP contribution in [0.1, 0.15) is 44.0 Å². The number of nitrogens with one attached hydrogen (secondary N) is 2. The number of ether oxygens (including phenoxy) is 4. The summed E-state index contributed by atoms with van der Waals surface area (Å²) in [6.07, 6.45) is -5.17. The lowest BCUT2D eigenvalue weighted by Gasteiger charge is -2.26. The Morgan fingerprint density at radius 2 is 1.58 bits per heavy atom. The van der Waals surface area contributed by atoms with Gasteiger partial charge in [-0.05, 0) is 19.8 Å². The minimum Gasteiger partial charge on any atom is -0.387 e. The number of anilines is 1. The SMILES string of the molecule is Cc1nc2c(ncn2[C@@H]2O[C@H](COP(=O)(O)OP(=O)(O)OP(=O)(O)OC[C@H]3O[C@@H]([n+]4cn(C)c5c(=O)[nH]c(N)nc54)[C@H]4OC5(CCCC5)OC34)C(O)[C@@H]2O)c(=O)[nH]1. The molecule has 0 amide bonds. The maximum Gasteiger partial charge on any atom is 0.490 e. The first kappa shape index (κ1) is 40.4. The van der Waals surface area contributed by atoms with E-state index in [0.717, 1.165) is 23.7 Å². The van der Waals surface area contributed by atoms with Gasteiger partial charge in [0.15, 0.2) is 29.5 Å². The molecule has 30 heteroatoms. The number of aliphatic hydroxyl groups excluding tert-OH is 2. The first-order chi connectivity index (χ1) is 26.7. The van der Waals surface area contributed by atoms with Crippen LogP contribution in [-0.2, 0) is 57.4 Å². The molecule has 0 bridgehead atoms. The summed E-state index contributed by atoms with van der Waals surface area (Å²) in [5, 5.41) is 21.2. The zero-order valence-corrected chi connectivity index (χ0v) is 32.3. The van der Waals surface area contributed by atoms with Crippen LogP contribution in [0.5, 0.6) is 0 Å². The lowest BCUT2D eigenvalue weighted by atomic mass is 10.1. The largest absolute Gasteiger partial charge is 0.490 e. The van der Waals surface area contributed by atoms with Crippen molar-refractivity contribution >= 4 is 51.7 Å². The molecular weight excluding hydrogens is 831 g/mol. The highest BCUT2D eigenvalue weighted by Crippen LogP contribution is 2.68. The average molecular weight is 869 g/mol. The third-order valence-electron chi connectivity index (χ3n) is 9.80. The van der Waals surface area contributed by atoms with Gasteiger partial charge in [0.2, 0.25) is 11.7 Å². The number of aromatic amines is 2. The number of imidazole rings is 2. The standard InChI is InChI=1S/C27H36N9O18P3/c1-11-30-20-14(22(39)31-11)29-9-35(20)24-17(38)16(37)12(49-24)7-47-55(41,42)53-57(45,46)54-56(43,44)48-8-13-18-19(52-27(51-18)5-3-4-6-27)25(50-13)36-10-34(2)15-21(36)32-26(28)33-23(15)40/h9-10,12-13,16-19,24-25,37-38H,3-8H2,1-2H3,(H6-,28,30,31,32,33,39,40,41,42,43,44,45,46)/p+1/t12-,13-,16?,17+,18?,19+,24-,25-/m1/s1. The fraction of sp³-hybridized carbons (Fsp3) is 0.630. The van der Waals surface area contributed by atoms with Gasteiger partial charge in [-0.25, -0.2) is 28.2 Å². The van der Waals surface area contributed by atoms with Crippen LogP contribution in [0, 0.1) is 6.92 Å². The summed E-state index contributed by atoms with van der Waals surface area (Å²) < 4.78 is 84.9. The second-order valence-corrected chi connectivity index (χ2v) is 18.4. The highest BCUT2D eigenvalue weighted by molar-refractivity contribution is 7.66. The van der Waals surface area contributed by atoms with E-state index in [1.807, 2.05) is 0 Å². The Hall–Kier alpha value is -3.33. The molecule has 1 spiro atoms. The van der Waals surface area contributed by atoms with Crippen molar-refractivity contribution in [1.29, 1.82) is 0 Å². The third-order valence-corrected chi connectivity index (χ3v) is 14.0. The highest BCUT2D eigenvalue weighted by Gasteiger charge is 2.61. The minimum absolute atomic E-state index is 0.00961. The molecule has 57 heavy (non-hydrogen) atoms. The average Bonchev–Trinajstić information content (AvgIpc) is 3.95. The molecule has 1 saturated carbocycles. The van der Waals surface area contributed by atoms with Crippen LogP contribution in [0.2, 0.25) is 0 Å². The Balaban J connectivity index is 0.909. The van der Waals surface area contributed by atoms with Crippen LogP contribution in [-0.4, -0.2) is 115 Å². The predicted molar refractivity (Wildman–Crippen MR) is 183 cm³/mol. The third kappa shape index (κ3) is 7.68. The summed E-state index contributed by atoms with van der Waals surface area (Å²) in [5.74, 6) is -0.962. The van der Waals surface area contributed by atoms with E-state index in [0.29, 0.717) is 12.8 Å². The number of rotatable bonds is 12. The maximum atomic E-state index is 12.9. The van der Waals surface area contributed by atoms with Crippen molar-refractivity contribution in [2.24, 2.45) is 7.05 Å². The van der Waals surface area contributed by atoms with Crippen LogP contribution >= 0.6 is 23.5 Å². The van der Waals surface area contributed by atoms with Gasteiger partial charge in [0.1, 0.15) is 42.4 Å². The molecule has 1 aliphatic carbocycles. The number of phosphoric ester groups is 2. The Kier molecular flexibility index (Phi) is 10.2. The van der Waals surface area contributed by atoms with Gasteiger partial charge in [-0.1, -0.05) is 4.98 Å². The number of aliphatic hydroxyl groups is 2. The summed E-state index contributed by atoms with van der Waals surface area (Å²) in [4.78, 5) is 72.8. The van der Waals surface area contributed by atoms with E-state index in [9.17, 15) is 48.2 Å². The van der Waals surface area contributed by atoms with Gasteiger partial charge in [0.05, 0.1) is 26.6 Å². The molecule has 0 aromatic carbocycles. The molecule has 11 atom stereocenters. The molecular formula is C27H37N9O18P3+. The first-order valence-corrected chi connectivity index (χ1v) is 21.7. The van der Waals surface area contributed by atoms with Crippen molar-refractivity contribution in [3.63, 3.8) is 0 Å². The van der Waals surface area contributed by atoms with Gasteiger partial charge in [0, 0.05) is 12.8 Å². The second kappa shape index (κ2) is 14.4. The molecule has 5 unspecified atom stereocenters. The normalized spacial score (nSPS) is 31.6. The lowest BCUT2D eigenvalue weighted by molar-refractivity contribution is -0.746. The van der Waals surface area contributed by atoms with Crippen LogP contribution in [0.15, 0.2) is 22.2 Å². The van der Waals surface area contributed by atoms with Crippen molar-refractivity contribution in [2.75, 3.05) is 18.9 Å². The topological polar surface area (TPSA) is 370 Å². The number of aryl methyl sites for hydroxylation is 2. The maximum absolute atomic E-state index is 12.9. The van der Waals surface area contributed by atoms with E-state index in [1.165, 1.54) is 22.4 Å². The molecule has 8 rings (SSSR count).